The van der Waals surface area contributed by atoms with Crippen molar-refractivity contribution in [1.29, 1.82) is 0 Å². The fraction of sp³-hybridized carbons (Fsp3) is 0.750. The number of nitrogens with zero attached hydrogens (tertiary/aromatic N) is 3. The van der Waals surface area contributed by atoms with Crippen LogP contribution in [0.1, 0.15) is 45.5 Å². The lowest BCUT2D eigenvalue weighted by Gasteiger charge is -2.44. The van der Waals surface area contributed by atoms with Crippen LogP contribution in [0.5, 0.6) is 0 Å². The van der Waals surface area contributed by atoms with Crippen molar-refractivity contribution >= 4 is 5.69 Å². The highest BCUT2D eigenvalue weighted by Crippen LogP contribution is 2.47. The molecule has 6 nitrogen and oxygen atoms in total. The van der Waals surface area contributed by atoms with Crippen LogP contribution in [0.4, 0.5) is 5.69 Å². The summed E-state index contributed by atoms with van der Waals surface area (Å²) >= 11 is 0. The van der Waals surface area contributed by atoms with Gasteiger partial charge in [-0.2, -0.15) is 0 Å². The molecule has 0 bridgehead atoms. The second-order valence-corrected chi connectivity index (χ2v) is 8.01. The van der Waals surface area contributed by atoms with Crippen molar-refractivity contribution in [3.8, 4) is 0 Å². The molecule has 0 spiro atoms. The van der Waals surface area contributed by atoms with E-state index in [1.165, 1.54) is 0 Å². The van der Waals surface area contributed by atoms with Crippen LogP contribution < -0.4 is 4.90 Å². The second kappa shape index (κ2) is 7.08. The minimum atomic E-state index is -0.192. The molecular formula is C20H31N3O3. The number of aromatic nitrogens is 1. The van der Waals surface area contributed by atoms with Gasteiger partial charge in [0.25, 0.3) is 0 Å². The minimum Gasteiger partial charge on any atom is -0.378 e. The van der Waals surface area contributed by atoms with E-state index >= 15 is 0 Å². The van der Waals surface area contributed by atoms with Crippen LogP contribution in [-0.4, -0.2) is 67.1 Å². The molecule has 5 unspecified atom stereocenters. The maximum absolute atomic E-state index is 6.59. The molecule has 3 aliphatic heterocycles. The van der Waals surface area contributed by atoms with E-state index in [0.717, 1.165) is 50.5 Å². The molecule has 1 aromatic rings. The van der Waals surface area contributed by atoms with Crippen LogP contribution in [-0.2, 0) is 14.2 Å². The van der Waals surface area contributed by atoms with Gasteiger partial charge in [-0.1, -0.05) is 6.92 Å². The number of pyridine rings is 1. The highest BCUT2D eigenvalue weighted by molar-refractivity contribution is 5.45. The largest absolute Gasteiger partial charge is 0.378 e. The molecule has 0 amide bonds. The Bertz CT molecular complexity index is 619. The highest BCUT2D eigenvalue weighted by atomic mass is 16.6. The molecule has 3 fully saturated rings. The Balaban J connectivity index is 1.53. The molecule has 0 N–H and O–H groups in total. The first-order valence-electron chi connectivity index (χ1n) is 9.85. The van der Waals surface area contributed by atoms with E-state index in [9.17, 15) is 0 Å². The third kappa shape index (κ3) is 3.13. The average molecular weight is 361 g/mol. The fourth-order valence-electron chi connectivity index (χ4n) is 4.92. The topological polar surface area (TPSA) is 47.1 Å². The van der Waals surface area contributed by atoms with Gasteiger partial charge < -0.3 is 19.1 Å². The van der Waals surface area contributed by atoms with Crippen LogP contribution in [0, 0.1) is 0 Å². The smallest absolute Gasteiger partial charge is 0.154 e. The number of hydrogen-bond acceptors (Lipinski definition) is 6. The lowest BCUT2D eigenvalue weighted by molar-refractivity contribution is -0.147. The van der Waals surface area contributed by atoms with Gasteiger partial charge in [0.2, 0.25) is 0 Å². The molecule has 1 aromatic heterocycles. The van der Waals surface area contributed by atoms with Crippen molar-refractivity contribution < 1.29 is 14.2 Å². The molecule has 0 aliphatic carbocycles. The molecule has 0 saturated carbocycles. The SMILES string of the molecule is CCC1CC2(C)OC(c3ccc(N4CCOCC4)cn3)N(C)C2C(C)O1. The van der Waals surface area contributed by atoms with Gasteiger partial charge >= 0.3 is 0 Å². The van der Waals surface area contributed by atoms with E-state index in [2.05, 4.69) is 49.8 Å². The average Bonchev–Trinajstić information content (AvgIpc) is 2.93. The number of likely N-dealkylation sites (N-methyl/N-ethyl adjacent to an activating group) is 1. The van der Waals surface area contributed by atoms with Gasteiger partial charge in [-0.15, -0.1) is 0 Å². The summed E-state index contributed by atoms with van der Waals surface area (Å²) in [5, 5.41) is 0. The number of fused-ring (bicyclic) bond motifs is 1. The van der Waals surface area contributed by atoms with Crippen LogP contribution in [0.25, 0.3) is 0 Å². The first-order chi connectivity index (χ1) is 12.5. The van der Waals surface area contributed by atoms with Crippen molar-refractivity contribution in [1.82, 2.24) is 9.88 Å². The molecule has 0 aromatic carbocycles. The molecule has 6 heteroatoms. The lowest BCUT2D eigenvalue weighted by Crippen LogP contribution is -2.56. The van der Waals surface area contributed by atoms with Crippen LogP contribution >= 0.6 is 0 Å². The maximum Gasteiger partial charge on any atom is 0.154 e. The summed E-state index contributed by atoms with van der Waals surface area (Å²) in [4.78, 5) is 9.37. The monoisotopic (exact) mass is 361 g/mol. The summed E-state index contributed by atoms with van der Waals surface area (Å²) < 4.78 is 18.2. The quantitative estimate of drug-likeness (QED) is 0.825. The Kier molecular flexibility index (Phi) is 4.94. The summed E-state index contributed by atoms with van der Waals surface area (Å²) in [6.07, 6.45) is 4.24. The number of morpholine rings is 1. The normalized spacial score (nSPS) is 38.4. The molecule has 3 saturated heterocycles. The molecule has 144 valence electrons. The second-order valence-electron chi connectivity index (χ2n) is 8.01. The molecule has 3 aliphatic rings. The minimum absolute atomic E-state index is 0.120. The third-order valence-corrected chi connectivity index (χ3v) is 6.16. The van der Waals surface area contributed by atoms with Crippen molar-refractivity contribution in [3.05, 3.63) is 24.0 Å². The Morgan fingerprint density at radius 1 is 1.27 bits per heavy atom. The molecular weight excluding hydrogens is 330 g/mol. The van der Waals surface area contributed by atoms with Crippen LogP contribution in [0.3, 0.4) is 0 Å². The van der Waals surface area contributed by atoms with Gasteiger partial charge in [0, 0.05) is 19.5 Å². The molecule has 4 heterocycles. The lowest BCUT2D eigenvalue weighted by atomic mass is 9.83. The summed E-state index contributed by atoms with van der Waals surface area (Å²) in [6.45, 7) is 10.0. The van der Waals surface area contributed by atoms with Crippen molar-refractivity contribution in [2.75, 3.05) is 38.3 Å². The standard InChI is InChI=1S/C20H31N3O3/c1-5-16-12-20(3)18(14(2)25-16)22(4)19(26-20)17-7-6-15(13-21-17)23-8-10-24-11-9-23/h6-7,13-14,16,18-19H,5,8-12H2,1-4H3. The third-order valence-electron chi connectivity index (χ3n) is 6.16. The Hall–Kier alpha value is -1.21. The Morgan fingerprint density at radius 2 is 2.04 bits per heavy atom. The number of anilines is 1. The fourth-order valence-corrected chi connectivity index (χ4v) is 4.92. The molecule has 0 radical (unpaired) electrons. The molecule has 5 atom stereocenters. The number of rotatable bonds is 3. The van der Waals surface area contributed by atoms with E-state index < -0.39 is 0 Å². The van der Waals surface area contributed by atoms with Crippen molar-refractivity contribution in [3.63, 3.8) is 0 Å². The Morgan fingerprint density at radius 3 is 2.69 bits per heavy atom. The van der Waals surface area contributed by atoms with E-state index in [1.54, 1.807) is 0 Å². The van der Waals surface area contributed by atoms with Crippen molar-refractivity contribution in [2.24, 2.45) is 0 Å². The highest BCUT2D eigenvalue weighted by Gasteiger charge is 2.55. The molecule has 4 rings (SSSR count). The van der Waals surface area contributed by atoms with Gasteiger partial charge in [0.1, 0.15) is 0 Å². The maximum atomic E-state index is 6.59. The predicted octanol–water partition coefficient (Wildman–Crippen LogP) is 2.59. The van der Waals surface area contributed by atoms with E-state index in [1.807, 2.05) is 6.20 Å². The van der Waals surface area contributed by atoms with Gasteiger partial charge in [-0.25, -0.2) is 0 Å². The van der Waals surface area contributed by atoms with Crippen LogP contribution in [0.2, 0.25) is 0 Å². The zero-order valence-corrected chi connectivity index (χ0v) is 16.4. The van der Waals surface area contributed by atoms with E-state index in [-0.39, 0.29) is 30.1 Å². The summed E-state index contributed by atoms with van der Waals surface area (Å²) in [7, 11) is 2.13. The summed E-state index contributed by atoms with van der Waals surface area (Å²) in [5.41, 5.74) is 1.94. The van der Waals surface area contributed by atoms with Crippen molar-refractivity contribution in [2.45, 2.75) is 63.7 Å². The van der Waals surface area contributed by atoms with Gasteiger partial charge in [0.05, 0.1) is 54.6 Å². The number of hydrogen-bond donors (Lipinski definition) is 0. The number of ether oxygens (including phenoxy) is 3. The Labute approximate surface area is 156 Å². The zero-order valence-electron chi connectivity index (χ0n) is 16.4. The van der Waals surface area contributed by atoms with Gasteiger partial charge in [-0.05, 0) is 39.4 Å². The first-order valence-corrected chi connectivity index (χ1v) is 9.85. The van der Waals surface area contributed by atoms with E-state index in [0.29, 0.717) is 0 Å². The van der Waals surface area contributed by atoms with Crippen LogP contribution in [0.15, 0.2) is 18.3 Å². The predicted molar refractivity (Wildman–Crippen MR) is 100 cm³/mol. The van der Waals surface area contributed by atoms with Gasteiger partial charge in [-0.3, -0.25) is 9.88 Å². The summed E-state index contributed by atoms with van der Waals surface area (Å²) in [5.74, 6) is 0. The zero-order chi connectivity index (χ0) is 18.3. The first kappa shape index (κ1) is 18.2. The molecule has 26 heavy (non-hydrogen) atoms. The summed E-state index contributed by atoms with van der Waals surface area (Å²) in [6, 6.07) is 4.51. The van der Waals surface area contributed by atoms with Gasteiger partial charge in [0.15, 0.2) is 6.23 Å². The van der Waals surface area contributed by atoms with E-state index in [4.69, 9.17) is 19.2 Å².